The Morgan fingerprint density at radius 2 is 2.00 bits per heavy atom. The van der Waals surface area contributed by atoms with Crippen LogP contribution in [0.3, 0.4) is 0 Å². The van der Waals surface area contributed by atoms with Gasteiger partial charge in [-0.05, 0) is 19.1 Å². The Bertz CT molecular complexity index is 419. The second-order valence-electron chi connectivity index (χ2n) is 3.59. The first-order valence-corrected chi connectivity index (χ1v) is 5.10. The van der Waals surface area contributed by atoms with Crippen molar-refractivity contribution in [2.45, 2.75) is 19.1 Å². The minimum Gasteiger partial charge on any atom is -0.472 e. The zero-order chi connectivity index (χ0) is 11.5. The lowest BCUT2D eigenvalue weighted by molar-refractivity contribution is -0.143. The quantitative estimate of drug-likeness (QED) is 0.751. The van der Waals surface area contributed by atoms with Crippen molar-refractivity contribution in [1.82, 2.24) is 0 Å². The molecular formula is C12H15NO3S. The maximum Gasteiger partial charge on any atom is 0.334 e. The summed E-state index contributed by atoms with van der Waals surface area (Å²) in [6, 6.07) is 8.95. The summed E-state index contributed by atoms with van der Waals surface area (Å²) in [4.78, 5) is 15.6. The van der Waals surface area contributed by atoms with E-state index in [1.54, 1.807) is 6.92 Å². The highest BCUT2D eigenvalue weighted by Crippen LogP contribution is 2.18. The third-order valence-electron chi connectivity index (χ3n) is 2.46. The van der Waals surface area contributed by atoms with Crippen LogP contribution in [0.4, 0.5) is 0 Å². The van der Waals surface area contributed by atoms with E-state index in [2.05, 4.69) is 9.73 Å². The summed E-state index contributed by atoms with van der Waals surface area (Å²) >= 11 is 0. The molecule has 0 saturated carbocycles. The lowest BCUT2D eigenvalue weighted by atomic mass is 10.2. The summed E-state index contributed by atoms with van der Waals surface area (Å²) in [5, 5.41) is 0. The lowest BCUT2D eigenvalue weighted by Crippen LogP contribution is -2.28. The van der Waals surface area contributed by atoms with Crippen molar-refractivity contribution in [3.05, 3.63) is 35.9 Å². The first-order chi connectivity index (χ1) is 7.72. The van der Waals surface area contributed by atoms with Crippen LogP contribution in [0.5, 0.6) is 0 Å². The lowest BCUT2D eigenvalue weighted by Gasteiger charge is -2.09. The third-order valence-corrected chi connectivity index (χ3v) is 2.46. The van der Waals surface area contributed by atoms with Gasteiger partial charge in [-0.2, -0.15) is 13.5 Å². The number of carbonyl (C=O) groups is 1. The fourth-order valence-corrected chi connectivity index (χ4v) is 1.59. The van der Waals surface area contributed by atoms with E-state index in [1.165, 1.54) is 7.11 Å². The number of carbonyl (C=O) groups excluding carboxylic acids is 1. The van der Waals surface area contributed by atoms with E-state index in [0.717, 1.165) is 5.56 Å². The van der Waals surface area contributed by atoms with Crippen LogP contribution < -0.4 is 0 Å². The minimum absolute atomic E-state index is 0. The molecule has 4 nitrogen and oxygen atoms in total. The number of hydrogen-bond donors (Lipinski definition) is 0. The zero-order valence-electron chi connectivity index (χ0n) is 9.71. The number of nitrogens with zero attached hydrogens (tertiary/aromatic N) is 1. The number of benzene rings is 1. The van der Waals surface area contributed by atoms with Crippen LogP contribution in [0.2, 0.25) is 0 Å². The van der Waals surface area contributed by atoms with Crippen LogP contribution >= 0.6 is 13.5 Å². The van der Waals surface area contributed by atoms with Crippen molar-refractivity contribution in [3.63, 3.8) is 0 Å². The summed E-state index contributed by atoms with van der Waals surface area (Å²) in [6.45, 7) is 1.81. The molecule has 0 amide bonds. The van der Waals surface area contributed by atoms with Gasteiger partial charge in [0.05, 0.1) is 7.11 Å². The Kier molecular flexibility index (Phi) is 4.57. The molecule has 0 aromatic heterocycles. The molecule has 0 unspecified atom stereocenters. The maximum atomic E-state index is 11.4. The maximum absolute atomic E-state index is 11.4. The Morgan fingerprint density at radius 1 is 1.35 bits per heavy atom. The summed E-state index contributed by atoms with van der Waals surface area (Å²) in [7, 11) is 1.35. The fraction of sp³-hybridized carbons (Fsp3) is 0.333. The molecular weight excluding hydrogens is 238 g/mol. The number of ether oxygens (including phenoxy) is 2. The Morgan fingerprint density at radius 3 is 2.59 bits per heavy atom. The molecule has 1 aliphatic heterocycles. The molecule has 1 heterocycles. The molecule has 0 radical (unpaired) electrons. The summed E-state index contributed by atoms with van der Waals surface area (Å²) < 4.78 is 10.2. The molecule has 0 saturated heterocycles. The van der Waals surface area contributed by atoms with Gasteiger partial charge in [-0.3, -0.25) is 0 Å². The standard InChI is InChI=1S/C12H13NO3.H2S/c1-8-10(12(14)15-2)13-11(16-8)9-6-4-3-5-7-9;/h3-8,10H,1-2H3;1H2/t8-,10+;/m1./s1. The summed E-state index contributed by atoms with van der Waals surface area (Å²) in [6.07, 6.45) is -0.275. The van der Waals surface area contributed by atoms with Gasteiger partial charge in [-0.1, -0.05) is 18.2 Å². The van der Waals surface area contributed by atoms with Gasteiger partial charge in [-0.25, -0.2) is 9.79 Å². The molecule has 2 atom stereocenters. The highest BCUT2D eigenvalue weighted by molar-refractivity contribution is 7.59. The van der Waals surface area contributed by atoms with Gasteiger partial charge in [0.2, 0.25) is 5.90 Å². The molecule has 92 valence electrons. The molecule has 1 aliphatic rings. The summed E-state index contributed by atoms with van der Waals surface area (Å²) in [5.74, 6) is 0.141. The highest BCUT2D eigenvalue weighted by atomic mass is 32.1. The number of esters is 1. The molecule has 0 spiro atoms. The van der Waals surface area contributed by atoms with Gasteiger partial charge < -0.3 is 9.47 Å². The van der Waals surface area contributed by atoms with Crippen molar-refractivity contribution in [3.8, 4) is 0 Å². The van der Waals surface area contributed by atoms with Gasteiger partial charge in [-0.15, -0.1) is 0 Å². The van der Waals surface area contributed by atoms with E-state index >= 15 is 0 Å². The Labute approximate surface area is 107 Å². The average molecular weight is 253 g/mol. The fourth-order valence-electron chi connectivity index (χ4n) is 1.59. The Balaban J connectivity index is 0.00000144. The molecule has 5 heteroatoms. The highest BCUT2D eigenvalue weighted by Gasteiger charge is 2.34. The molecule has 0 fully saturated rings. The minimum atomic E-state index is -0.555. The Hall–Kier alpha value is -1.49. The normalized spacial score (nSPS) is 22.1. The number of rotatable bonds is 2. The van der Waals surface area contributed by atoms with Gasteiger partial charge in [0, 0.05) is 5.56 Å². The predicted octanol–water partition coefficient (Wildman–Crippen LogP) is 1.51. The van der Waals surface area contributed by atoms with Crippen molar-refractivity contribution < 1.29 is 14.3 Å². The van der Waals surface area contributed by atoms with Gasteiger partial charge >= 0.3 is 5.97 Å². The van der Waals surface area contributed by atoms with Crippen LogP contribution in [0.25, 0.3) is 0 Å². The second kappa shape index (κ2) is 5.72. The predicted molar refractivity (Wildman–Crippen MR) is 69.7 cm³/mol. The van der Waals surface area contributed by atoms with E-state index in [9.17, 15) is 4.79 Å². The van der Waals surface area contributed by atoms with Crippen LogP contribution in [-0.2, 0) is 14.3 Å². The largest absolute Gasteiger partial charge is 0.472 e. The van der Waals surface area contributed by atoms with E-state index < -0.39 is 6.04 Å². The van der Waals surface area contributed by atoms with Crippen LogP contribution in [-0.4, -0.2) is 31.1 Å². The van der Waals surface area contributed by atoms with Crippen LogP contribution in [0.15, 0.2) is 35.3 Å². The van der Waals surface area contributed by atoms with Gasteiger partial charge in [0.15, 0.2) is 6.04 Å². The smallest absolute Gasteiger partial charge is 0.334 e. The first kappa shape index (κ1) is 13.6. The van der Waals surface area contributed by atoms with Crippen molar-refractivity contribution in [2.75, 3.05) is 7.11 Å². The van der Waals surface area contributed by atoms with Crippen molar-refractivity contribution >= 4 is 25.4 Å². The SMILES string of the molecule is COC(=O)[C@H]1N=C(c2ccccc2)O[C@@H]1C.S. The average Bonchev–Trinajstić information content (AvgIpc) is 2.71. The van der Waals surface area contributed by atoms with Crippen molar-refractivity contribution in [2.24, 2.45) is 4.99 Å². The van der Waals surface area contributed by atoms with Gasteiger partial charge in [0.25, 0.3) is 0 Å². The third kappa shape index (κ3) is 2.79. The molecule has 1 aromatic rings. The molecule has 0 bridgehead atoms. The van der Waals surface area contributed by atoms with Gasteiger partial charge in [0.1, 0.15) is 6.10 Å². The molecule has 0 aliphatic carbocycles. The van der Waals surface area contributed by atoms with Crippen molar-refractivity contribution in [1.29, 1.82) is 0 Å². The van der Waals surface area contributed by atoms with E-state index in [-0.39, 0.29) is 25.6 Å². The molecule has 1 aromatic carbocycles. The van der Waals surface area contributed by atoms with Crippen LogP contribution in [0, 0.1) is 0 Å². The van der Waals surface area contributed by atoms with Crippen LogP contribution in [0.1, 0.15) is 12.5 Å². The second-order valence-corrected chi connectivity index (χ2v) is 3.59. The number of aliphatic imine (C=N–C) groups is 1. The number of methoxy groups -OCH3 is 1. The zero-order valence-corrected chi connectivity index (χ0v) is 10.7. The topological polar surface area (TPSA) is 47.9 Å². The first-order valence-electron chi connectivity index (χ1n) is 5.10. The van der Waals surface area contributed by atoms with E-state index in [0.29, 0.717) is 5.90 Å². The molecule has 2 rings (SSSR count). The van der Waals surface area contributed by atoms with E-state index in [4.69, 9.17) is 4.74 Å². The summed E-state index contributed by atoms with van der Waals surface area (Å²) in [5.41, 5.74) is 0.876. The molecule has 0 N–H and O–H groups in total. The monoisotopic (exact) mass is 253 g/mol. The van der Waals surface area contributed by atoms with E-state index in [1.807, 2.05) is 30.3 Å². The number of hydrogen-bond acceptors (Lipinski definition) is 4. The molecule has 17 heavy (non-hydrogen) atoms.